The quantitative estimate of drug-likeness (QED) is 0.121. The number of nitrogens with zero attached hydrogens (tertiary/aromatic N) is 10. The highest BCUT2D eigenvalue weighted by atomic mass is 19.1. The van der Waals surface area contributed by atoms with Crippen molar-refractivity contribution in [3.8, 4) is 22.5 Å². The lowest BCUT2D eigenvalue weighted by Crippen LogP contribution is -2.07. The van der Waals surface area contributed by atoms with E-state index in [2.05, 4.69) is 30.4 Å². The fourth-order valence-corrected chi connectivity index (χ4v) is 6.99. The maximum absolute atomic E-state index is 14.2. The number of aliphatic carboxylic acids is 1. The number of nitrogens with one attached hydrogen (secondary N) is 2. The minimum atomic E-state index is -0.957. The van der Waals surface area contributed by atoms with Gasteiger partial charge in [0.1, 0.15) is 11.6 Å². The second-order valence-corrected chi connectivity index (χ2v) is 15.0. The van der Waals surface area contributed by atoms with E-state index in [1.807, 2.05) is 35.4 Å². The summed E-state index contributed by atoms with van der Waals surface area (Å²) in [6.45, 7) is 0. The van der Waals surface area contributed by atoms with Gasteiger partial charge in [-0.2, -0.15) is 19.2 Å². The van der Waals surface area contributed by atoms with Crippen molar-refractivity contribution in [2.75, 3.05) is 17.7 Å². The van der Waals surface area contributed by atoms with Gasteiger partial charge >= 0.3 is 11.9 Å². The van der Waals surface area contributed by atoms with E-state index in [9.17, 15) is 18.4 Å². The highest BCUT2D eigenvalue weighted by molar-refractivity contribution is 5.88. The van der Waals surface area contributed by atoms with Crippen molar-refractivity contribution >= 4 is 57.2 Å². The Hall–Kier alpha value is -6.98. The van der Waals surface area contributed by atoms with Crippen molar-refractivity contribution in [1.29, 1.82) is 0 Å². The third kappa shape index (κ3) is 7.60. The van der Waals surface area contributed by atoms with Crippen LogP contribution in [0.1, 0.15) is 49.7 Å². The first-order valence-corrected chi connectivity index (χ1v) is 19.3. The summed E-state index contributed by atoms with van der Waals surface area (Å²) < 4.78 is 40.3. The number of methoxy groups -OCH3 is 1. The number of imidazole rings is 2. The molecule has 6 aromatic heterocycles. The number of anilines is 2. The van der Waals surface area contributed by atoms with Gasteiger partial charge in [0.05, 0.1) is 31.2 Å². The van der Waals surface area contributed by atoms with Crippen molar-refractivity contribution in [3.05, 3.63) is 83.9 Å². The molecule has 0 unspecified atom stereocenters. The number of esters is 1. The zero-order valence-corrected chi connectivity index (χ0v) is 32.5. The van der Waals surface area contributed by atoms with Crippen LogP contribution in [0, 0.1) is 11.6 Å². The molecule has 2 aliphatic rings. The van der Waals surface area contributed by atoms with Crippen LogP contribution in [0.2, 0.25) is 0 Å². The van der Waals surface area contributed by atoms with Crippen LogP contribution < -0.4 is 10.6 Å². The normalized spacial score (nSPS) is 13.9. The average molecular weight is 803 g/mol. The number of benzene rings is 2. The monoisotopic (exact) mass is 802 g/mol. The molecule has 8 aromatic rings. The molecule has 2 aliphatic carbocycles. The van der Waals surface area contributed by atoms with Crippen LogP contribution in [0.3, 0.4) is 0 Å². The number of aryl methyl sites for hydroxylation is 4. The molecule has 0 amide bonds. The third-order valence-corrected chi connectivity index (χ3v) is 10.4. The topological polar surface area (TPSA) is 184 Å². The van der Waals surface area contributed by atoms with Gasteiger partial charge < -0.3 is 29.6 Å². The second-order valence-electron chi connectivity index (χ2n) is 15.0. The van der Waals surface area contributed by atoms with Crippen LogP contribution in [0.4, 0.5) is 20.4 Å². The summed E-state index contributed by atoms with van der Waals surface area (Å²) in [4.78, 5) is 40.7. The average Bonchev–Trinajstić information content (AvgIpc) is 4.03. The molecule has 2 aromatic carbocycles. The smallest absolute Gasteiger partial charge is 0.305 e. The molecule has 0 bridgehead atoms. The Labute approximate surface area is 334 Å². The molecule has 0 spiro atoms. The molecular weight excluding hydrogens is 763 g/mol. The first-order chi connectivity index (χ1) is 28.5. The maximum Gasteiger partial charge on any atom is 0.305 e. The molecule has 0 saturated heterocycles. The van der Waals surface area contributed by atoms with Gasteiger partial charge in [-0.25, -0.2) is 28.7 Å². The van der Waals surface area contributed by atoms with E-state index in [-0.39, 0.29) is 37.5 Å². The van der Waals surface area contributed by atoms with E-state index >= 15 is 0 Å². The molecular formula is C41H40F2N12O4. The van der Waals surface area contributed by atoms with E-state index in [1.165, 1.54) is 19.2 Å². The minimum Gasteiger partial charge on any atom is -0.481 e. The zero-order valence-electron chi connectivity index (χ0n) is 32.5. The molecule has 0 atom stereocenters. The van der Waals surface area contributed by atoms with Crippen molar-refractivity contribution in [3.63, 3.8) is 0 Å². The first-order valence-electron chi connectivity index (χ1n) is 19.3. The van der Waals surface area contributed by atoms with Crippen LogP contribution in [-0.2, 0) is 41.3 Å². The number of carbonyl (C=O) groups excluding carboxylic acids is 1. The Kier molecular flexibility index (Phi) is 9.60. The van der Waals surface area contributed by atoms with Gasteiger partial charge in [0.25, 0.3) is 0 Å². The molecule has 2 saturated carbocycles. The Bertz CT molecular complexity index is 2920. The van der Waals surface area contributed by atoms with Crippen LogP contribution in [0.15, 0.2) is 61.2 Å². The molecule has 16 nitrogen and oxygen atoms in total. The SMILES string of the molecule is COC(=O)CCc1cc(-c2cc3nc(NC4CC4)c4ncn(C)c4n3n2)ccc1F.Cn1cnc2c(NC3CC3)nc3cc(-c4ccc(F)c(CCC(=O)O)c4)nn3c21. The van der Waals surface area contributed by atoms with Gasteiger partial charge in [-0.3, -0.25) is 9.59 Å². The number of hydrogen-bond acceptors (Lipinski definition) is 11. The van der Waals surface area contributed by atoms with E-state index in [1.54, 1.807) is 46.0 Å². The highest BCUT2D eigenvalue weighted by Gasteiger charge is 2.26. The lowest BCUT2D eigenvalue weighted by Gasteiger charge is -2.06. The molecule has 3 N–H and O–H groups in total. The number of aromatic nitrogens is 10. The molecule has 6 heterocycles. The molecule has 0 radical (unpaired) electrons. The van der Waals surface area contributed by atoms with Gasteiger partial charge in [0.15, 0.2) is 45.3 Å². The third-order valence-electron chi connectivity index (χ3n) is 10.4. The van der Waals surface area contributed by atoms with Crippen LogP contribution >= 0.6 is 0 Å². The number of fused-ring (bicyclic) bond motifs is 6. The van der Waals surface area contributed by atoms with E-state index in [0.717, 1.165) is 65.2 Å². The summed E-state index contributed by atoms with van der Waals surface area (Å²) in [5.74, 6) is -0.600. The summed E-state index contributed by atoms with van der Waals surface area (Å²) in [5, 5.41) is 25.1. The zero-order chi connectivity index (χ0) is 40.9. The van der Waals surface area contributed by atoms with Gasteiger partial charge in [-0.05, 0) is 86.1 Å². The number of carbonyl (C=O) groups is 2. The Morgan fingerprint density at radius 3 is 1.61 bits per heavy atom. The largest absolute Gasteiger partial charge is 0.481 e. The molecule has 10 rings (SSSR count). The second kappa shape index (κ2) is 15.1. The summed E-state index contributed by atoms with van der Waals surface area (Å²) in [6.07, 6.45) is 8.38. The van der Waals surface area contributed by atoms with Crippen molar-refractivity contribution in [2.45, 2.75) is 63.5 Å². The van der Waals surface area contributed by atoms with E-state index in [0.29, 0.717) is 51.5 Å². The predicted molar refractivity (Wildman–Crippen MR) is 215 cm³/mol. The number of carboxylic acid groups (broad SMARTS) is 1. The molecule has 2 fully saturated rings. The lowest BCUT2D eigenvalue weighted by molar-refractivity contribution is -0.140. The number of halogens is 2. The Morgan fingerprint density at radius 1 is 0.729 bits per heavy atom. The van der Waals surface area contributed by atoms with E-state index in [4.69, 9.17) is 20.2 Å². The van der Waals surface area contributed by atoms with Gasteiger partial charge in [-0.1, -0.05) is 0 Å². The Balaban J connectivity index is 0.000000152. The van der Waals surface area contributed by atoms with Crippen LogP contribution in [0.25, 0.3) is 56.1 Å². The van der Waals surface area contributed by atoms with E-state index < -0.39 is 11.8 Å². The number of hydrogen-bond donors (Lipinski definition) is 3. The van der Waals surface area contributed by atoms with Crippen molar-refractivity contribution in [2.24, 2.45) is 14.1 Å². The van der Waals surface area contributed by atoms with Gasteiger partial charge in [0.2, 0.25) is 0 Å². The molecule has 302 valence electrons. The first kappa shape index (κ1) is 37.6. The summed E-state index contributed by atoms with van der Waals surface area (Å²) in [5.41, 5.74) is 8.11. The fourth-order valence-electron chi connectivity index (χ4n) is 6.99. The van der Waals surface area contributed by atoms with Gasteiger partial charge in [-0.15, -0.1) is 0 Å². The lowest BCUT2D eigenvalue weighted by atomic mass is 10.0. The van der Waals surface area contributed by atoms with Gasteiger partial charge in [0, 0.05) is 62.3 Å². The standard InChI is InChI=1S/C21H21FN6O2.C20H19FN6O2/c1-27-11-23-19-20(24-14-5-6-14)25-17-10-16(26-28(17)21(19)27)13-3-7-15(22)12(9-13)4-8-18(29)30-2;1-26-10-22-18-19(23-13-4-5-13)24-16-9-15(25-27(16)20(18)26)12-2-6-14(21)11(8-12)3-7-17(28)29/h3,7,9-11,14H,4-6,8H2,1-2H3,(H,24,25);2,6,8-10,13H,3-5,7H2,1H3,(H,23,24)(H,28,29). The predicted octanol–water partition coefficient (Wildman–Crippen LogP) is 6.12. The van der Waals surface area contributed by atoms with Crippen molar-refractivity contribution in [1.82, 2.24) is 48.3 Å². The van der Waals surface area contributed by atoms with Crippen LogP contribution in [0.5, 0.6) is 0 Å². The van der Waals surface area contributed by atoms with Crippen molar-refractivity contribution < 1.29 is 28.2 Å². The minimum absolute atomic E-state index is 0.120. The number of carboxylic acids is 1. The molecule has 59 heavy (non-hydrogen) atoms. The maximum atomic E-state index is 14.2. The summed E-state index contributed by atoms with van der Waals surface area (Å²) in [6, 6.07) is 14.1. The fraction of sp³-hybridized carbons (Fsp3) is 0.317. The van der Waals surface area contributed by atoms with Crippen LogP contribution in [-0.4, -0.2) is 84.5 Å². The molecule has 0 aliphatic heterocycles. The highest BCUT2D eigenvalue weighted by Crippen LogP contribution is 2.32. The molecule has 18 heteroatoms. The Morgan fingerprint density at radius 2 is 1.19 bits per heavy atom. The number of ether oxygens (including phenoxy) is 1. The summed E-state index contributed by atoms with van der Waals surface area (Å²) >= 11 is 0. The summed E-state index contributed by atoms with van der Waals surface area (Å²) in [7, 11) is 5.14. The number of rotatable bonds is 12.